The second-order valence-corrected chi connectivity index (χ2v) is 7.00. The van der Waals surface area contributed by atoms with Crippen molar-refractivity contribution in [1.29, 1.82) is 0 Å². The van der Waals surface area contributed by atoms with Crippen LogP contribution in [0.2, 0.25) is 0 Å². The van der Waals surface area contributed by atoms with Gasteiger partial charge in [0.15, 0.2) is 0 Å². The molecule has 0 fully saturated rings. The van der Waals surface area contributed by atoms with Crippen LogP contribution < -0.4 is 0 Å². The quantitative estimate of drug-likeness (QED) is 0.391. The molecule has 0 aliphatic carbocycles. The number of rotatable bonds is 4. The van der Waals surface area contributed by atoms with Crippen molar-refractivity contribution in [1.82, 2.24) is 4.98 Å². The molecule has 3 aromatic carbocycles. The van der Waals surface area contributed by atoms with Gasteiger partial charge in [0.2, 0.25) is 0 Å². The van der Waals surface area contributed by atoms with Gasteiger partial charge in [-0.2, -0.15) is 0 Å². The lowest BCUT2D eigenvalue weighted by molar-refractivity contribution is 0.912. The van der Waals surface area contributed by atoms with Gasteiger partial charge in [0.25, 0.3) is 0 Å². The summed E-state index contributed by atoms with van der Waals surface area (Å²) in [5.74, 6) is 0.343. The lowest BCUT2D eigenvalue weighted by Gasteiger charge is -2.13. The Bertz CT molecular complexity index is 1020. The van der Waals surface area contributed by atoms with Crippen molar-refractivity contribution < 1.29 is 0 Å². The van der Waals surface area contributed by atoms with Gasteiger partial charge in [-0.1, -0.05) is 85.8 Å². The Morgan fingerprint density at radius 1 is 0.667 bits per heavy atom. The molecular weight excluding hydrogens is 326 g/mol. The van der Waals surface area contributed by atoms with Crippen LogP contribution in [0.1, 0.15) is 29.5 Å². The lowest BCUT2D eigenvalue weighted by atomic mass is 9.93. The predicted molar refractivity (Wildman–Crippen MR) is 114 cm³/mol. The molecule has 1 heteroatoms. The second kappa shape index (κ2) is 7.59. The minimum Gasteiger partial charge on any atom is -0.256 e. The number of nitrogens with zero attached hydrogens (tertiary/aromatic N) is 1. The monoisotopic (exact) mass is 349 g/mol. The maximum absolute atomic E-state index is 4.74. The molecule has 27 heavy (non-hydrogen) atoms. The highest BCUT2D eigenvalue weighted by Gasteiger charge is 2.10. The van der Waals surface area contributed by atoms with Gasteiger partial charge in [0, 0.05) is 17.7 Å². The zero-order valence-corrected chi connectivity index (χ0v) is 15.8. The van der Waals surface area contributed by atoms with Crippen LogP contribution in [-0.4, -0.2) is 4.98 Å². The fourth-order valence-electron chi connectivity index (χ4n) is 3.53. The topological polar surface area (TPSA) is 12.9 Å². The van der Waals surface area contributed by atoms with E-state index in [0.717, 1.165) is 11.3 Å². The van der Waals surface area contributed by atoms with E-state index in [2.05, 4.69) is 105 Å². The average molecular weight is 349 g/mol. The molecule has 1 nitrogen and oxygen atoms in total. The molecule has 1 unspecified atom stereocenters. The van der Waals surface area contributed by atoms with E-state index in [-0.39, 0.29) is 0 Å². The fourth-order valence-corrected chi connectivity index (χ4v) is 3.53. The number of pyridine rings is 1. The van der Waals surface area contributed by atoms with E-state index in [1.54, 1.807) is 0 Å². The van der Waals surface area contributed by atoms with Gasteiger partial charge in [-0.25, -0.2) is 0 Å². The molecule has 1 heterocycles. The van der Waals surface area contributed by atoms with Gasteiger partial charge in [0.1, 0.15) is 0 Å². The third-order valence-electron chi connectivity index (χ3n) is 5.19. The average Bonchev–Trinajstić information content (AvgIpc) is 2.74. The largest absolute Gasteiger partial charge is 0.256 e. The standard InChI is InChI=1S/C26H23N/c1-19-17-23(13-15-25(19)22-11-7-4-8-12-22)26-16-14-24(18-27-26)20(2)21-9-5-3-6-10-21/h3-18,20H,1-2H3. The maximum Gasteiger partial charge on any atom is 0.0702 e. The number of aryl methyl sites for hydroxylation is 1. The Morgan fingerprint density at radius 2 is 1.37 bits per heavy atom. The SMILES string of the molecule is Cc1cc(-c2ccc(C(C)c3ccccc3)cn2)ccc1-c1ccccc1. The van der Waals surface area contributed by atoms with Crippen LogP contribution >= 0.6 is 0 Å². The van der Waals surface area contributed by atoms with E-state index in [0.29, 0.717) is 5.92 Å². The molecule has 1 atom stereocenters. The Balaban J connectivity index is 1.60. The molecule has 0 radical (unpaired) electrons. The fraction of sp³-hybridized carbons (Fsp3) is 0.115. The van der Waals surface area contributed by atoms with E-state index in [9.17, 15) is 0 Å². The Labute approximate surface area is 161 Å². The van der Waals surface area contributed by atoms with E-state index >= 15 is 0 Å². The summed E-state index contributed by atoms with van der Waals surface area (Å²) in [6.07, 6.45) is 2.01. The molecule has 0 amide bonds. The van der Waals surface area contributed by atoms with Gasteiger partial charge in [-0.05, 0) is 46.9 Å². The summed E-state index contributed by atoms with van der Waals surface area (Å²) in [5, 5.41) is 0. The van der Waals surface area contributed by atoms with Crippen LogP contribution in [0.5, 0.6) is 0 Å². The van der Waals surface area contributed by atoms with Crippen molar-refractivity contribution in [3.05, 3.63) is 114 Å². The Hall–Kier alpha value is -3.19. The van der Waals surface area contributed by atoms with Crippen molar-refractivity contribution in [3.8, 4) is 22.4 Å². The van der Waals surface area contributed by atoms with Gasteiger partial charge >= 0.3 is 0 Å². The first kappa shape index (κ1) is 17.2. The van der Waals surface area contributed by atoms with Crippen molar-refractivity contribution in [3.63, 3.8) is 0 Å². The highest BCUT2D eigenvalue weighted by atomic mass is 14.7. The lowest BCUT2D eigenvalue weighted by Crippen LogP contribution is -1.97. The second-order valence-electron chi connectivity index (χ2n) is 7.00. The highest BCUT2D eigenvalue weighted by Crippen LogP contribution is 2.29. The van der Waals surface area contributed by atoms with Crippen LogP contribution in [0.3, 0.4) is 0 Å². The minimum absolute atomic E-state index is 0.343. The number of hydrogen-bond acceptors (Lipinski definition) is 1. The summed E-state index contributed by atoms with van der Waals surface area (Å²) in [5.41, 5.74) is 8.52. The molecule has 4 rings (SSSR count). The van der Waals surface area contributed by atoms with Gasteiger partial charge < -0.3 is 0 Å². The molecule has 0 saturated heterocycles. The molecule has 4 aromatic rings. The first-order chi connectivity index (χ1) is 13.2. The van der Waals surface area contributed by atoms with Gasteiger partial charge in [0.05, 0.1) is 5.69 Å². The summed E-state index contributed by atoms with van der Waals surface area (Å²) in [7, 11) is 0. The van der Waals surface area contributed by atoms with Crippen LogP contribution in [0.15, 0.2) is 97.2 Å². The molecule has 0 N–H and O–H groups in total. The first-order valence-corrected chi connectivity index (χ1v) is 9.40. The zero-order chi connectivity index (χ0) is 18.6. The third-order valence-corrected chi connectivity index (χ3v) is 5.19. The van der Waals surface area contributed by atoms with E-state index < -0.39 is 0 Å². The van der Waals surface area contributed by atoms with E-state index in [1.165, 1.54) is 27.8 Å². The summed E-state index contributed by atoms with van der Waals surface area (Å²) in [4.78, 5) is 4.74. The van der Waals surface area contributed by atoms with Gasteiger partial charge in [-0.3, -0.25) is 4.98 Å². The number of aromatic nitrogens is 1. The Kier molecular flexibility index (Phi) is 4.84. The maximum atomic E-state index is 4.74. The number of benzene rings is 3. The van der Waals surface area contributed by atoms with Crippen molar-refractivity contribution >= 4 is 0 Å². The zero-order valence-electron chi connectivity index (χ0n) is 15.8. The summed E-state index contributed by atoms with van der Waals surface area (Å²) < 4.78 is 0. The normalized spacial score (nSPS) is 11.9. The number of hydrogen-bond donors (Lipinski definition) is 0. The first-order valence-electron chi connectivity index (χ1n) is 9.40. The van der Waals surface area contributed by atoms with Crippen molar-refractivity contribution in [2.45, 2.75) is 19.8 Å². The molecular formula is C26H23N. The van der Waals surface area contributed by atoms with Crippen molar-refractivity contribution in [2.75, 3.05) is 0 Å². The predicted octanol–water partition coefficient (Wildman–Crippen LogP) is 6.88. The summed E-state index contributed by atoms with van der Waals surface area (Å²) in [6.45, 7) is 4.39. The van der Waals surface area contributed by atoms with Crippen LogP contribution in [0.25, 0.3) is 22.4 Å². The molecule has 0 aliphatic heterocycles. The smallest absolute Gasteiger partial charge is 0.0702 e. The third kappa shape index (κ3) is 3.68. The molecule has 0 bridgehead atoms. The van der Waals surface area contributed by atoms with Crippen molar-refractivity contribution in [2.24, 2.45) is 0 Å². The molecule has 1 aromatic heterocycles. The summed E-state index contributed by atoms with van der Waals surface area (Å²) in [6, 6.07) is 32.0. The van der Waals surface area contributed by atoms with Crippen LogP contribution in [0, 0.1) is 6.92 Å². The molecule has 0 saturated carbocycles. The summed E-state index contributed by atoms with van der Waals surface area (Å²) >= 11 is 0. The van der Waals surface area contributed by atoms with E-state index in [4.69, 9.17) is 4.98 Å². The Morgan fingerprint density at radius 3 is 2.00 bits per heavy atom. The van der Waals surface area contributed by atoms with Crippen LogP contribution in [0.4, 0.5) is 0 Å². The van der Waals surface area contributed by atoms with Crippen LogP contribution in [-0.2, 0) is 0 Å². The molecule has 0 aliphatic rings. The minimum atomic E-state index is 0.343. The highest BCUT2D eigenvalue weighted by molar-refractivity contribution is 5.72. The van der Waals surface area contributed by atoms with Gasteiger partial charge in [-0.15, -0.1) is 0 Å². The molecule has 132 valence electrons. The molecule has 0 spiro atoms. The van der Waals surface area contributed by atoms with E-state index in [1.807, 2.05) is 6.20 Å².